The normalized spacial score (nSPS) is 23.4. The molecular formula is C22H31NO6. The van der Waals surface area contributed by atoms with E-state index in [1.54, 1.807) is 0 Å². The molecule has 3 rings (SSSR count). The van der Waals surface area contributed by atoms with Gasteiger partial charge in [-0.05, 0) is 70.9 Å². The fourth-order valence-electron chi connectivity index (χ4n) is 4.11. The van der Waals surface area contributed by atoms with Crippen LogP contribution in [0.1, 0.15) is 80.8 Å². The standard InChI is InChI=1S/C22H31NO6/c1-12-18(20(24)26-6)16(11-17-19(12)28-13(2)27-17)14-7-9-15(10-8-14)23-21(25)29-22(3,4)5/h11,13-15H,7-10H2,1-6H3,(H,23,25)/t13?,14-,15-. The van der Waals surface area contributed by atoms with Crippen molar-refractivity contribution in [3.8, 4) is 11.5 Å². The lowest BCUT2D eigenvalue weighted by molar-refractivity contribution is 0.0491. The number of amides is 1. The van der Waals surface area contributed by atoms with Crippen molar-refractivity contribution >= 4 is 12.1 Å². The van der Waals surface area contributed by atoms with Crippen molar-refractivity contribution < 1.29 is 28.5 Å². The quantitative estimate of drug-likeness (QED) is 0.748. The first-order valence-corrected chi connectivity index (χ1v) is 10.2. The molecule has 0 aromatic heterocycles. The molecule has 1 aromatic rings. The van der Waals surface area contributed by atoms with Crippen LogP contribution >= 0.6 is 0 Å². The summed E-state index contributed by atoms with van der Waals surface area (Å²) in [6, 6.07) is 1.99. The van der Waals surface area contributed by atoms with Crippen LogP contribution in [-0.4, -0.2) is 37.1 Å². The molecule has 1 N–H and O–H groups in total. The Morgan fingerprint density at radius 3 is 2.38 bits per heavy atom. The Morgan fingerprint density at radius 1 is 1.14 bits per heavy atom. The van der Waals surface area contributed by atoms with Crippen molar-refractivity contribution in [1.82, 2.24) is 5.32 Å². The highest BCUT2D eigenvalue weighted by Crippen LogP contribution is 2.45. The number of carbonyl (C=O) groups excluding carboxylic acids is 2. The van der Waals surface area contributed by atoms with E-state index in [2.05, 4.69) is 5.32 Å². The molecule has 1 aliphatic heterocycles. The van der Waals surface area contributed by atoms with Gasteiger partial charge in [-0.15, -0.1) is 0 Å². The van der Waals surface area contributed by atoms with Gasteiger partial charge >= 0.3 is 12.1 Å². The van der Waals surface area contributed by atoms with E-state index < -0.39 is 5.60 Å². The molecule has 1 amide bonds. The molecule has 1 saturated carbocycles. The molecule has 1 atom stereocenters. The second-order valence-corrected chi connectivity index (χ2v) is 8.78. The van der Waals surface area contributed by atoms with Gasteiger partial charge in [0.2, 0.25) is 6.29 Å². The maximum absolute atomic E-state index is 12.5. The highest BCUT2D eigenvalue weighted by atomic mass is 16.7. The van der Waals surface area contributed by atoms with Gasteiger partial charge in [-0.2, -0.15) is 0 Å². The zero-order valence-corrected chi connectivity index (χ0v) is 18.1. The Balaban J connectivity index is 1.75. The zero-order valence-electron chi connectivity index (χ0n) is 18.1. The minimum atomic E-state index is -0.516. The summed E-state index contributed by atoms with van der Waals surface area (Å²) in [6.07, 6.45) is 2.56. The predicted octanol–water partition coefficient (Wildman–Crippen LogP) is 4.45. The number of ether oxygens (including phenoxy) is 4. The van der Waals surface area contributed by atoms with Gasteiger partial charge in [0.1, 0.15) is 5.60 Å². The van der Waals surface area contributed by atoms with E-state index in [1.165, 1.54) is 7.11 Å². The Morgan fingerprint density at radius 2 is 1.79 bits per heavy atom. The summed E-state index contributed by atoms with van der Waals surface area (Å²) in [5, 5.41) is 2.96. The molecule has 1 heterocycles. The topological polar surface area (TPSA) is 83.1 Å². The predicted molar refractivity (Wildman–Crippen MR) is 108 cm³/mol. The van der Waals surface area contributed by atoms with Crippen LogP contribution in [0.2, 0.25) is 0 Å². The van der Waals surface area contributed by atoms with Crippen LogP contribution in [0.15, 0.2) is 6.07 Å². The second kappa shape index (κ2) is 8.13. The third-order valence-electron chi connectivity index (χ3n) is 5.37. The first-order valence-electron chi connectivity index (χ1n) is 10.2. The molecule has 7 nitrogen and oxygen atoms in total. The van der Waals surface area contributed by atoms with E-state index in [0.29, 0.717) is 17.1 Å². The molecule has 160 valence electrons. The van der Waals surface area contributed by atoms with Crippen LogP contribution < -0.4 is 14.8 Å². The molecular weight excluding hydrogens is 374 g/mol. The van der Waals surface area contributed by atoms with Crippen LogP contribution in [0, 0.1) is 6.92 Å². The number of esters is 1. The minimum absolute atomic E-state index is 0.0674. The number of hydrogen-bond donors (Lipinski definition) is 1. The van der Waals surface area contributed by atoms with Crippen molar-refractivity contribution in [3.05, 3.63) is 22.8 Å². The zero-order chi connectivity index (χ0) is 21.3. The lowest BCUT2D eigenvalue weighted by atomic mass is 9.79. The second-order valence-electron chi connectivity index (χ2n) is 8.78. The Kier molecular flexibility index (Phi) is 5.96. The summed E-state index contributed by atoms with van der Waals surface area (Å²) in [4.78, 5) is 24.6. The number of carbonyl (C=O) groups is 2. The third-order valence-corrected chi connectivity index (χ3v) is 5.37. The van der Waals surface area contributed by atoms with Crippen molar-refractivity contribution in [2.45, 2.75) is 84.2 Å². The molecule has 1 unspecified atom stereocenters. The molecule has 1 aromatic carbocycles. The maximum atomic E-state index is 12.5. The minimum Gasteiger partial charge on any atom is -0.465 e. The summed E-state index contributed by atoms with van der Waals surface area (Å²) >= 11 is 0. The average Bonchev–Trinajstić information content (AvgIpc) is 3.01. The molecule has 0 radical (unpaired) electrons. The van der Waals surface area contributed by atoms with Crippen LogP contribution in [0.25, 0.3) is 0 Å². The van der Waals surface area contributed by atoms with Gasteiger partial charge in [-0.3, -0.25) is 0 Å². The van der Waals surface area contributed by atoms with Gasteiger partial charge in [-0.1, -0.05) is 0 Å². The molecule has 29 heavy (non-hydrogen) atoms. The van der Waals surface area contributed by atoms with Crippen LogP contribution in [0.3, 0.4) is 0 Å². The number of alkyl carbamates (subject to hydrolysis) is 1. The molecule has 0 saturated heterocycles. The van der Waals surface area contributed by atoms with Crippen molar-refractivity contribution in [3.63, 3.8) is 0 Å². The maximum Gasteiger partial charge on any atom is 0.407 e. The van der Waals surface area contributed by atoms with Gasteiger partial charge in [0.15, 0.2) is 11.5 Å². The molecule has 0 spiro atoms. The summed E-state index contributed by atoms with van der Waals surface area (Å²) in [5.41, 5.74) is 1.73. The van der Waals surface area contributed by atoms with Gasteiger partial charge in [0.05, 0.1) is 12.7 Å². The van der Waals surface area contributed by atoms with Crippen LogP contribution in [-0.2, 0) is 9.47 Å². The number of fused-ring (bicyclic) bond motifs is 1. The molecule has 7 heteroatoms. The Hall–Kier alpha value is -2.44. The summed E-state index contributed by atoms with van der Waals surface area (Å²) in [7, 11) is 1.39. The fourth-order valence-corrected chi connectivity index (χ4v) is 4.11. The number of rotatable bonds is 3. The average molecular weight is 405 g/mol. The number of nitrogens with one attached hydrogen (secondary N) is 1. The lowest BCUT2D eigenvalue weighted by Gasteiger charge is -2.31. The molecule has 1 aliphatic carbocycles. The summed E-state index contributed by atoms with van der Waals surface area (Å²) in [5.74, 6) is 1.11. The highest BCUT2D eigenvalue weighted by Gasteiger charge is 2.33. The molecule has 1 fully saturated rings. The van der Waals surface area contributed by atoms with Crippen molar-refractivity contribution in [1.29, 1.82) is 0 Å². The van der Waals surface area contributed by atoms with Gasteiger partial charge in [0.25, 0.3) is 0 Å². The molecule has 2 aliphatic rings. The number of methoxy groups -OCH3 is 1. The number of benzene rings is 1. The van der Waals surface area contributed by atoms with Gasteiger partial charge in [0, 0.05) is 18.5 Å². The van der Waals surface area contributed by atoms with E-state index in [1.807, 2.05) is 40.7 Å². The van der Waals surface area contributed by atoms with E-state index in [-0.39, 0.29) is 30.3 Å². The monoisotopic (exact) mass is 405 g/mol. The largest absolute Gasteiger partial charge is 0.465 e. The Labute approximate surface area is 172 Å². The van der Waals surface area contributed by atoms with Crippen LogP contribution in [0.5, 0.6) is 11.5 Å². The third kappa shape index (κ3) is 4.77. The first kappa shape index (κ1) is 21.3. The smallest absolute Gasteiger partial charge is 0.407 e. The van der Waals surface area contributed by atoms with E-state index in [4.69, 9.17) is 18.9 Å². The van der Waals surface area contributed by atoms with E-state index in [0.717, 1.165) is 36.8 Å². The number of hydrogen-bond acceptors (Lipinski definition) is 6. The summed E-state index contributed by atoms with van der Waals surface area (Å²) < 4.78 is 21.9. The highest BCUT2D eigenvalue weighted by molar-refractivity contribution is 5.94. The fraction of sp³-hybridized carbons (Fsp3) is 0.636. The van der Waals surface area contributed by atoms with Crippen molar-refractivity contribution in [2.75, 3.05) is 7.11 Å². The lowest BCUT2D eigenvalue weighted by Crippen LogP contribution is -2.40. The van der Waals surface area contributed by atoms with E-state index >= 15 is 0 Å². The van der Waals surface area contributed by atoms with E-state index in [9.17, 15) is 9.59 Å². The molecule has 0 bridgehead atoms. The van der Waals surface area contributed by atoms with Gasteiger partial charge in [-0.25, -0.2) is 9.59 Å². The first-order chi connectivity index (χ1) is 13.6. The Bertz CT molecular complexity index is 789. The SMILES string of the molecule is COC(=O)c1c(C)c2c(cc1[C@H]1CC[C@H](NC(=O)OC(C)(C)C)CC1)OC(C)O2. The summed E-state index contributed by atoms with van der Waals surface area (Å²) in [6.45, 7) is 9.23. The van der Waals surface area contributed by atoms with Crippen LogP contribution in [0.4, 0.5) is 4.79 Å². The van der Waals surface area contributed by atoms with Gasteiger partial charge < -0.3 is 24.3 Å². The van der Waals surface area contributed by atoms with Crippen molar-refractivity contribution in [2.24, 2.45) is 0 Å².